The number of ether oxygens (including phenoxy) is 1. The number of alkyl halides is 3. The van der Waals surface area contributed by atoms with E-state index in [9.17, 15) is 18.0 Å². The number of hydrogen-bond donors (Lipinski definition) is 1. The molecule has 94 valence electrons. The van der Waals surface area contributed by atoms with Crippen LogP contribution in [0.25, 0.3) is 0 Å². The van der Waals surface area contributed by atoms with Gasteiger partial charge in [0.1, 0.15) is 5.75 Å². The Kier molecular flexibility index (Phi) is 3.98. The molecule has 1 N–H and O–H groups in total. The van der Waals surface area contributed by atoms with Crippen LogP contribution in [0.15, 0.2) is 24.3 Å². The second-order valence-corrected chi connectivity index (χ2v) is 3.47. The zero-order valence-corrected chi connectivity index (χ0v) is 8.99. The molecular weight excluding hydrogens is 237 g/mol. The number of phenols is 1. The van der Waals surface area contributed by atoms with E-state index in [2.05, 4.69) is 4.74 Å². The first-order valence-electron chi connectivity index (χ1n) is 4.77. The van der Waals surface area contributed by atoms with E-state index in [4.69, 9.17) is 5.11 Å². The molecule has 0 fully saturated rings. The zero-order valence-electron chi connectivity index (χ0n) is 8.99. The summed E-state index contributed by atoms with van der Waals surface area (Å²) in [6.07, 6.45) is -5.37. The SMILES string of the molecule is COC(=O)C[C@@H](c1cccc(O)c1)C(F)(F)F. The van der Waals surface area contributed by atoms with Gasteiger partial charge in [0.15, 0.2) is 0 Å². The summed E-state index contributed by atoms with van der Waals surface area (Å²) in [6, 6.07) is 4.75. The molecule has 17 heavy (non-hydrogen) atoms. The number of carbonyl (C=O) groups is 1. The molecule has 0 spiro atoms. The molecule has 0 radical (unpaired) electrons. The molecular formula is C11H11F3O3. The molecule has 1 atom stereocenters. The number of phenolic OH excluding ortho intramolecular Hbond substituents is 1. The molecule has 1 rings (SSSR count). The predicted octanol–water partition coefficient (Wildman–Crippen LogP) is 2.60. The van der Waals surface area contributed by atoms with Crippen molar-refractivity contribution in [1.82, 2.24) is 0 Å². The monoisotopic (exact) mass is 248 g/mol. The van der Waals surface area contributed by atoms with E-state index < -0.39 is 24.5 Å². The molecule has 0 amide bonds. The summed E-state index contributed by atoms with van der Waals surface area (Å²) in [5.74, 6) is -3.20. The van der Waals surface area contributed by atoms with Gasteiger partial charge in [-0.25, -0.2) is 0 Å². The second kappa shape index (κ2) is 5.07. The summed E-state index contributed by atoms with van der Waals surface area (Å²) >= 11 is 0. The van der Waals surface area contributed by atoms with Crippen molar-refractivity contribution in [3.05, 3.63) is 29.8 Å². The summed E-state index contributed by atoms with van der Waals surface area (Å²) in [7, 11) is 1.03. The number of esters is 1. The second-order valence-electron chi connectivity index (χ2n) is 3.47. The smallest absolute Gasteiger partial charge is 0.396 e. The number of methoxy groups -OCH3 is 1. The van der Waals surface area contributed by atoms with Gasteiger partial charge < -0.3 is 9.84 Å². The van der Waals surface area contributed by atoms with Crippen LogP contribution in [0.4, 0.5) is 13.2 Å². The van der Waals surface area contributed by atoms with Gasteiger partial charge in [0, 0.05) is 0 Å². The molecule has 0 aliphatic carbocycles. The van der Waals surface area contributed by atoms with Crippen molar-refractivity contribution in [1.29, 1.82) is 0 Å². The molecule has 0 saturated carbocycles. The molecule has 0 bridgehead atoms. The predicted molar refractivity (Wildman–Crippen MR) is 53.5 cm³/mol. The summed E-state index contributed by atoms with van der Waals surface area (Å²) in [4.78, 5) is 10.9. The van der Waals surface area contributed by atoms with Gasteiger partial charge in [-0.3, -0.25) is 4.79 Å². The minimum atomic E-state index is -4.57. The Labute approximate surface area is 95.8 Å². The highest BCUT2D eigenvalue weighted by Crippen LogP contribution is 2.38. The first kappa shape index (κ1) is 13.3. The number of halogens is 3. The highest BCUT2D eigenvalue weighted by Gasteiger charge is 2.42. The van der Waals surface area contributed by atoms with Crippen molar-refractivity contribution < 1.29 is 27.8 Å². The summed E-state index contributed by atoms with van der Waals surface area (Å²) < 4.78 is 42.5. The maximum Gasteiger partial charge on any atom is 0.396 e. The van der Waals surface area contributed by atoms with Gasteiger partial charge in [-0.1, -0.05) is 12.1 Å². The van der Waals surface area contributed by atoms with Gasteiger partial charge >= 0.3 is 12.1 Å². The maximum absolute atomic E-state index is 12.7. The zero-order chi connectivity index (χ0) is 13.1. The van der Waals surface area contributed by atoms with Crippen molar-refractivity contribution in [3.63, 3.8) is 0 Å². The normalized spacial score (nSPS) is 13.2. The van der Waals surface area contributed by atoms with E-state index in [-0.39, 0.29) is 11.3 Å². The third-order valence-electron chi connectivity index (χ3n) is 2.27. The minimum absolute atomic E-state index is 0.164. The van der Waals surface area contributed by atoms with Crippen LogP contribution in [-0.4, -0.2) is 24.4 Å². The van der Waals surface area contributed by atoms with Crippen LogP contribution in [0.2, 0.25) is 0 Å². The Balaban J connectivity index is 3.02. The number of carbonyl (C=O) groups excluding carboxylic acids is 1. The van der Waals surface area contributed by atoms with Gasteiger partial charge in [0.05, 0.1) is 19.4 Å². The van der Waals surface area contributed by atoms with Crippen LogP contribution in [0.3, 0.4) is 0 Å². The lowest BCUT2D eigenvalue weighted by Gasteiger charge is -2.19. The highest BCUT2D eigenvalue weighted by atomic mass is 19.4. The molecule has 1 aromatic rings. The fraction of sp³-hybridized carbons (Fsp3) is 0.364. The van der Waals surface area contributed by atoms with Crippen LogP contribution in [-0.2, 0) is 9.53 Å². The Morgan fingerprint density at radius 3 is 2.59 bits per heavy atom. The van der Waals surface area contributed by atoms with E-state index in [1.165, 1.54) is 18.2 Å². The molecule has 0 aromatic heterocycles. The van der Waals surface area contributed by atoms with E-state index >= 15 is 0 Å². The first-order chi connectivity index (χ1) is 7.84. The summed E-state index contributed by atoms with van der Waals surface area (Å²) in [5, 5.41) is 9.14. The van der Waals surface area contributed by atoms with Crippen LogP contribution in [0, 0.1) is 0 Å². The number of hydrogen-bond acceptors (Lipinski definition) is 3. The Bertz CT molecular complexity index is 401. The minimum Gasteiger partial charge on any atom is -0.508 e. The fourth-order valence-corrected chi connectivity index (χ4v) is 1.41. The van der Waals surface area contributed by atoms with Gasteiger partial charge in [0.2, 0.25) is 0 Å². The number of benzene rings is 1. The lowest BCUT2D eigenvalue weighted by molar-refractivity contribution is -0.164. The lowest BCUT2D eigenvalue weighted by atomic mass is 9.95. The third-order valence-corrected chi connectivity index (χ3v) is 2.27. The quantitative estimate of drug-likeness (QED) is 0.836. The molecule has 0 heterocycles. The molecule has 1 aromatic carbocycles. The largest absolute Gasteiger partial charge is 0.508 e. The molecule has 0 unspecified atom stereocenters. The lowest BCUT2D eigenvalue weighted by Crippen LogP contribution is -2.24. The van der Waals surface area contributed by atoms with Crippen LogP contribution in [0.5, 0.6) is 5.75 Å². The van der Waals surface area contributed by atoms with E-state index in [0.29, 0.717) is 0 Å². The number of rotatable bonds is 3. The van der Waals surface area contributed by atoms with E-state index in [0.717, 1.165) is 13.2 Å². The van der Waals surface area contributed by atoms with Gasteiger partial charge in [-0.2, -0.15) is 13.2 Å². The number of aromatic hydroxyl groups is 1. The van der Waals surface area contributed by atoms with Gasteiger partial charge in [0.25, 0.3) is 0 Å². The van der Waals surface area contributed by atoms with Crippen molar-refractivity contribution in [2.24, 2.45) is 0 Å². The molecule has 0 aliphatic heterocycles. The van der Waals surface area contributed by atoms with Crippen LogP contribution in [0.1, 0.15) is 17.9 Å². The molecule has 0 aliphatic rings. The molecule has 6 heteroatoms. The Morgan fingerprint density at radius 2 is 2.12 bits per heavy atom. The topological polar surface area (TPSA) is 46.5 Å². The van der Waals surface area contributed by atoms with E-state index in [1.807, 2.05) is 0 Å². The summed E-state index contributed by atoms with van der Waals surface area (Å²) in [6.45, 7) is 0. The van der Waals surface area contributed by atoms with Crippen molar-refractivity contribution >= 4 is 5.97 Å². The van der Waals surface area contributed by atoms with Crippen molar-refractivity contribution in [2.45, 2.75) is 18.5 Å². The van der Waals surface area contributed by atoms with E-state index in [1.54, 1.807) is 0 Å². The fourth-order valence-electron chi connectivity index (χ4n) is 1.41. The Morgan fingerprint density at radius 1 is 1.47 bits per heavy atom. The van der Waals surface area contributed by atoms with Crippen LogP contribution >= 0.6 is 0 Å². The standard InChI is InChI=1S/C11H11F3O3/c1-17-10(16)6-9(11(12,13)14)7-3-2-4-8(15)5-7/h2-5,9,15H,6H2,1H3/t9-/m0/s1. The van der Waals surface area contributed by atoms with Gasteiger partial charge in [-0.15, -0.1) is 0 Å². The summed E-state index contributed by atoms with van der Waals surface area (Å²) in [5.41, 5.74) is -0.164. The van der Waals surface area contributed by atoms with Crippen molar-refractivity contribution in [2.75, 3.05) is 7.11 Å². The van der Waals surface area contributed by atoms with Gasteiger partial charge in [-0.05, 0) is 17.7 Å². The first-order valence-corrected chi connectivity index (χ1v) is 4.77. The third kappa shape index (κ3) is 3.65. The van der Waals surface area contributed by atoms with Crippen LogP contribution < -0.4 is 0 Å². The molecule has 0 saturated heterocycles. The Hall–Kier alpha value is -1.72. The molecule has 3 nitrogen and oxygen atoms in total. The highest BCUT2D eigenvalue weighted by molar-refractivity contribution is 5.70. The average molecular weight is 248 g/mol. The van der Waals surface area contributed by atoms with Crippen molar-refractivity contribution in [3.8, 4) is 5.75 Å². The maximum atomic E-state index is 12.7. The average Bonchev–Trinajstić information content (AvgIpc) is 2.23.